The third kappa shape index (κ3) is 8.83. The van der Waals surface area contributed by atoms with Gasteiger partial charge in [0.05, 0.1) is 12.2 Å². The van der Waals surface area contributed by atoms with Crippen LogP contribution >= 0.6 is 0 Å². The molecule has 0 aliphatic rings. The molecule has 0 bridgehead atoms. The van der Waals surface area contributed by atoms with Gasteiger partial charge in [0.25, 0.3) is 0 Å². The normalized spacial score (nSPS) is 14.2. The lowest BCUT2D eigenvalue weighted by Gasteiger charge is -2.17. The Morgan fingerprint density at radius 2 is 1.79 bits per heavy atom. The molecule has 2 atom stereocenters. The molecule has 0 radical (unpaired) electrons. The van der Waals surface area contributed by atoms with E-state index in [1.807, 2.05) is 5.32 Å². The van der Waals surface area contributed by atoms with Gasteiger partial charge in [-0.15, -0.1) is 0 Å². The maximum Gasteiger partial charge on any atom is 0.326 e. The molecular weight excluding hydrogens is 278 g/mol. The van der Waals surface area contributed by atoms with E-state index in [4.69, 9.17) is 10.8 Å². The number of aliphatic carboxylic acids is 1. The van der Waals surface area contributed by atoms with Crippen molar-refractivity contribution in [1.82, 2.24) is 10.6 Å². The van der Waals surface area contributed by atoms with Crippen molar-refractivity contribution in [3.05, 3.63) is 0 Å². The lowest BCUT2D eigenvalue weighted by molar-refractivity contribution is -0.140. The Labute approximate surface area is 110 Å². The summed E-state index contributed by atoms with van der Waals surface area (Å²) >= 11 is 0. The molecule has 0 fully saturated rings. The summed E-state index contributed by atoms with van der Waals surface area (Å²) in [7, 11) is -3.27. The molecule has 0 rings (SSSR count). The van der Waals surface area contributed by atoms with Crippen LogP contribution in [0.5, 0.6) is 0 Å². The highest BCUT2D eigenvalue weighted by atomic mass is 32.2. The van der Waals surface area contributed by atoms with Crippen LogP contribution in [0.3, 0.4) is 0 Å². The fourth-order valence-corrected chi connectivity index (χ4v) is 2.31. The zero-order valence-corrected chi connectivity index (χ0v) is 11.4. The van der Waals surface area contributed by atoms with Crippen molar-refractivity contribution in [2.75, 3.05) is 12.0 Å². The quantitative estimate of drug-likeness (QED) is 0.427. The zero-order chi connectivity index (χ0) is 15.2. The molecule has 110 valence electrons. The molecule has 19 heavy (non-hydrogen) atoms. The van der Waals surface area contributed by atoms with Crippen molar-refractivity contribution < 1.29 is 27.9 Å². The molecule has 10 heteroatoms. The first-order chi connectivity index (χ1) is 8.51. The van der Waals surface area contributed by atoms with Crippen LogP contribution < -0.4 is 16.4 Å². The molecule has 0 aromatic rings. The first-order valence-corrected chi connectivity index (χ1v) is 7.33. The molecule has 0 aromatic carbocycles. The lowest BCUT2D eigenvalue weighted by atomic mass is 10.2. The third-order valence-electron chi connectivity index (χ3n) is 1.94. The van der Waals surface area contributed by atoms with E-state index in [0.717, 1.165) is 6.26 Å². The van der Waals surface area contributed by atoms with Gasteiger partial charge < -0.3 is 21.5 Å². The Hall–Kier alpha value is -1.84. The van der Waals surface area contributed by atoms with Crippen LogP contribution in [0, 0.1) is 0 Å². The van der Waals surface area contributed by atoms with Crippen molar-refractivity contribution in [3.63, 3.8) is 0 Å². The molecule has 0 saturated heterocycles. The first kappa shape index (κ1) is 17.2. The maximum absolute atomic E-state index is 11.4. The van der Waals surface area contributed by atoms with Crippen LogP contribution in [0.2, 0.25) is 0 Å². The minimum atomic E-state index is -3.27. The van der Waals surface area contributed by atoms with Gasteiger partial charge in [-0.3, -0.25) is 4.79 Å². The van der Waals surface area contributed by atoms with Gasteiger partial charge in [0.1, 0.15) is 15.9 Å². The number of primary amides is 1. The molecule has 0 aliphatic heterocycles. The highest BCUT2D eigenvalue weighted by molar-refractivity contribution is 7.90. The number of hydrogen-bond donors (Lipinski definition) is 4. The van der Waals surface area contributed by atoms with Crippen LogP contribution in [0.1, 0.15) is 13.3 Å². The number of hydrogen-bond acceptors (Lipinski definition) is 5. The Bertz CT molecular complexity index is 461. The lowest BCUT2D eigenvalue weighted by Crippen LogP contribution is -2.50. The van der Waals surface area contributed by atoms with Gasteiger partial charge in [-0.25, -0.2) is 18.0 Å². The maximum atomic E-state index is 11.4. The molecule has 0 heterocycles. The van der Waals surface area contributed by atoms with Crippen molar-refractivity contribution in [2.45, 2.75) is 25.4 Å². The number of nitrogens with one attached hydrogen (secondary N) is 2. The second kappa shape index (κ2) is 6.92. The Kier molecular flexibility index (Phi) is 6.25. The highest BCUT2D eigenvalue weighted by Gasteiger charge is 2.23. The second-order valence-corrected chi connectivity index (χ2v) is 6.36. The number of amides is 3. The van der Waals surface area contributed by atoms with E-state index in [2.05, 4.69) is 5.32 Å². The van der Waals surface area contributed by atoms with E-state index in [1.165, 1.54) is 6.92 Å². The van der Waals surface area contributed by atoms with Crippen molar-refractivity contribution in [2.24, 2.45) is 5.73 Å². The largest absolute Gasteiger partial charge is 0.480 e. The summed E-state index contributed by atoms with van der Waals surface area (Å²) in [5.41, 5.74) is 4.84. The minimum absolute atomic E-state index is 0.284. The standard InChI is InChI=1S/C9H17N3O6S/c1-5(4-19(2,17)18)11-9(16)12-6(8(14)15)3-7(10)13/h5-6H,3-4H2,1-2H3,(H2,10,13)(H,14,15)(H2,11,12,16)/t5?,6-/m1/s1. The molecule has 9 nitrogen and oxygen atoms in total. The van der Waals surface area contributed by atoms with Gasteiger partial charge >= 0.3 is 12.0 Å². The van der Waals surface area contributed by atoms with E-state index >= 15 is 0 Å². The number of carboxylic acids is 1. The number of rotatable bonds is 7. The van der Waals surface area contributed by atoms with E-state index < -0.39 is 46.2 Å². The molecule has 3 amide bonds. The van der Waals surface area contributed by atoms with Crippen LogP contribution in [0.4, 0.5) is 4.79 Å². The smallest absolute Gasteiger partial charge is 0.326 e. The molecule has 5 N–H and O–H groups in total. The number of carbonyl (C=O) groups excluding carboxylic acids is 2. The van der Waals surface area contributed by atoms with Gasteiger partial charge in [-0.1, -0.05) is 0 Å². The minimum Gasteiger partial charge on any atom is -0.480 e. The number of nitrogens with two attached hydrogens (primary N) is 1. The van der Waals surface area contributed by atoms with E-state index in [9.17, 15) is 22.8 Å². The fraction of sp³-hybridized carbons (Fsp3) is 0.667. The summed E-state index contributed by atoms with van der Waals surface area (Å²) in [6, 6.07) is -3.04. The number of carbonyl (C=O) groups is 3. The Balaban J connectivity index is 4.42. The Morgan fingerprint density at radius 3 is 2.16 bits per heavy atom. The molecule has 0 spiro atoms. The van der Waals surface area contributed by atoms with Gasteiger partial charge in [0, 0.05) is 12.3 Å². The summed E-state index contributed by atoms with van der Waals surface area (Å²) in [6.07, 6.45) is 0.458. The van der Waals surface area contributed by atoms with Gasteiger partial charge in [-0.2, -0.15) is 0 Å². The predicted molar refractivity (Wildman–Crippen MR) is 66.1 cm³/mol. The molecular formula is C9H17N3O6S. The van der Waals surface area contributed by atoms with Gasteiger partial charge in [0.15, 0.2) is 0 Å². The van der Waals surface area contributed by atoms with E-state index in [1.54, 1.807) is 0 Å². The van der Waals surface area contributed by atoms with Crippen LogP contribution in [-0.2, 0) is 19.4 Å². The molecule has 0 aliphatic carbocycles. The molecule has 0 saturated carbocycles. The SMILES string of the molecule is CC(CS(C)(=O)=O)NC(=O)N[C@H](CC(N)=O)C(=O)O. The average molecular weight is 295 g/mol. The predicted octanol–water partition coefficient (Wildman–Crippen LogP) is -1.95. The number of carboxylic acid groups (broad SMARTS) is 1. The van der Waals surface area contributed by atoms with E-state index in [-0.39, 0.29) is 5.75 Å². The summed E-state index contributed by atoms with van der Waals surface area (Å²) in [6.45, 7) is 1.45. The molecule has 1 unspecified atom stereocenters. The molecule has 0 aromatic heterocycles. The third-order valence-corrected chi connectivity index (χ3v) is 3.04. The van der Waals surface area contributed by atoms with Crippen LogP contribution in [0.25, 0.3) is 0 Å². The second-order valence-electron chi connectivity index (χ2n) is 4.17. The van der Waals surface area contributed by atoms with Crippen molar-refractivity contribution in [1.29, 1.82) is 0 Å². The number of sulfone groups is 1. The summed E-state index contributed by atoms with van der Waals surface area (Å²) in [5.74, 6) is -2.57. The first-order valence-electron chi connectivity index (χ1n) is 5.27. The van der Waals surface area contributed by atoms with Gasteiger partial charge in [-0.05, 0) is 6.92 Å². The average Bonchev–Trinajstić information content (AvgIpc) is 2.11. The van der Waals surface area contributed by atoms with E-state index in [0.29, 0.717) is 0 Å². The van der Waals surface area contributed by atoms with Crippen LogP contribution in [-0.4, -0.2) is 55.5 Å². The van der Waals surface area contributed by atoms with Crippen LogP contribution in [0.15, 0.2) is 0 Å². The highest BCUT2D eigenvalue weighted by Crippen LogP contribution is 1.94. The van der Waals surface area contributed by atoms with Gasteiger partial charge in [0.2, 0.25) is 5.91 Å². The summed E-state index contributed by atoms with van der Waals surface area (Å²) < 4.78 is 21.9. The zero-order valence-electron chi connectivity index (χ0n) is 10.5. The fourth-order valence-electron chi connectivity index (χ4n) is 1.32. The monoisotopic (exact) mass is 295 g/mol. The summed E-state index contributed by atoms with van der Waals surface area (Å²) in [5, 5.41) is 13.0. The summed E-state index contributed by atoms with van der Waals surface area (Å²) in [4.78, 5) is 32.8. The topological polar surface area (TPSA) is 156 Å². The number of urea groups is 1. The van der Waals surface area contributed by atoms with Crippen molar-refractivity contribution in [3.8, 4) is 0 Å². The van der Waals surface area contributed by atoms with Crippen molar-refractivity contribution >= 4 is 27.7 Å². The Morgan fingerprint density at radius 1 is 1.26 bits per heavy atom.